The Morgan fingerprint density at radius 3 is 1.81 bits per heavy atom. The lowest BCUT2D eigenvalue weighted by atomic mass is 9.82. The van der Waals surface area contributed by atoms with Crippen molar-refractivity contribution in [2.45, 2.75) is 19.3 Å². The Labute approximate surface area is 328 Å². The number of furan rings is 1. The summed E-state index contributed by atoms with van der Waals surface area (Å²) in [5.41, 5.74) is 12.9. The first kappa shape index (κ1) is 31.9. The van der Waals surface area contributed by atoms with Gasteiger partial charge in [-0.15, -0.1) is 0 Å². The molecule has 57 heavy (non-hydrogen) atoms. The van der Waals surface area contributed by atoms with E-state index in [0.29, 0.717) is 17.5 Å². The molecule has 3 aromatic heterocycles. The van der Waals surface area contributed by atoms with Gasteiger partial charge in [-0.05, 0) is 75.5 Å². The van der Waals surface area contributed by atoms with E-state index in [4.69, 9.17) is 19.4 Å². The van der Waals surface area contributed by atoms with E-state index in [0.717, 1.165) is 55.1 Å². The molecule has 0 spiro atoms. The molecule has 0 atom stereocenters. The molecular formula is C52H34N4O. The second kappa shape index (κ2) is 11.8. The topological polar surface area (TPSA) is 56.7 Å². The van der Waals surface area contributed by atoms with Crippen molar-refractivity contribution in [1.29, 1.82) is 0 Å². The first-order valence-electron chi connectivity index (χ1n) is 19.4. The summed E-state index contributed by atoms with van der Waals surface area (Å²) in [6, 6.07) is 60.0. The summed E-state index contributed by atoms with van der Waals surface area (Å²) in [5, 5.41) is 6.75. The summed E-state index contributed by atoms with van der Waals surface area (Å²) >= 11 is 0. The minimum atomic E-state index is -0.149. The highest BCUT2D eigenvalue weighted by Gasteiger charge is 2.35. The van der Waals surface area contributed by atoms with Crippen LogP contribution < -0.4 is 0 Å². The number of nitrogens with zero attached hydrogens (tertiary/aromatic N) is 4. The number of hydrogen-bond donors (Lipinski definition) is 0. The molecule has 0 unspecified atom stereocenters. The maximum atomic E-state index is 6.72. The molecular weight excluding hydrogens is 697 g/mol. The van der Waals surface area contributed by atoms with Crippen LogP contribution in [0.3, 0.4) is 0 Å². The molecule has 0 radical (unpaired) electrons. The zero-order chi connectivity index (χ0) is 37.8. The zero-order valence-electron chi connectivity index (χ0n) is 31.4. The van der Waals surface area contributed by atoms with Gasteiger partial charge in [-0.25, -0.2) is 15.0 Å². The van der Waals surface area contributed by atoms with Crippen LogP contribution >= 0.6 is 0 Å². The maximum absolute atomic E-state index is 6.72. The normalized spacial score (nSPS) is 13.2. The van der Waals surface area contributed by atoms with Crippen molar-refractivity contribution < 1.29 is 4.42 Å². The van der Waals surface area contributed by atoms with Crippen LogP contribution in [0.2, 0.25) is 0 Å². The van der Waals surface area contributed by atoms with Gasteiger partial charge in [0.25, 0.3) is 0 Å². The highest BCUT2D eigenvalue weighted by molar-refractivity contribution is 6.22. The molecule has 0 bridgehead atoms. The fourth-order valence-electron chi connectivity index (χ4n) is 9.34. The highest BCUT2D eigenvalue weighted by Crippen LogP contribution is 2.49. The van der Waals surface area contributed by atoms with Crippen molar-refractivity contribution in [2.24, 2.45) is 0 Å². The standard InChI is InChI=1S/C52H34N4O/c1-52(2)42-21-11-8-17-35(42)36-26-24-32(28-43(36)52)50-53-49(31-14-4-3-5-15-31)54-51(55-50)40-30-47-48(39-20-7-6-16-34(39)40)41-29-33(25-27-46(41)57-47)56-44-22-12-9-18-37(44)38-19-10-13-23-45(38)56/h3-30H,1-2H3. The highest BCUT2D eigenvalue weighted by atomic mass is 16.3. The lowest BCUT2D eigenvalue weighted by Crippen LogP contribution is -2.15. The summed E-state index contributed by atoms with van der Waals surface area (Å²) in [6.45, 7) is 4.60. The van der Waals surface area contributed by atoms with Gasteiger partial charge in [0, 0.05) is 49.3 Å². The van der Waals surface area contributed by atoms with Gasteiger partial charge in [-0.3, -0.25) is 0 Å². The summed E-state index contributed by atoms with van der Waals surface area (Å²) < 4.78 is 9.08. The van der Waals surface area contributed by atoms with E-state index in [9.17, 15) is 0 Å². The Balaban J connectivity index is 1.07. The summed E-state index contributed by atoms with van der Waals surface area (Å²) in [4.78, 5) is 15.6. The molecule has 0 aliphatic heterocycles. The number of aromatic nitrogens is 4. The van der Waals surface area contributed by atoms with Gasteiger partial charge in [0.15, 0.2) is 17.5 Å². The zero-order valence-corrected chi connectivity index (χ0v) is 31.4. The molecule has 0 saturated heterocycles. The SMILES string of the molecule is CC1(C)c2ccccc2-c2ccc(-c3nc(-c4ccccc4)nc(-c4cc5oc6ccc(-n7c8ccccc8c8ccccc87)cc6c5c5ccccc45)n3)cc21. The van der Waals surface area contributed by atoms with E-state index in [1.54, 1.807) is 0 Å². The minimum absolute atomic E-state index is 0.149. The molecule has 1 aliphatic rings. The van der Waals surface area contributed by atoms with Crippen LogP contribution in [0.25, 0.3) is 105 Å². The van der Waals surface area contributed by atoms with Crippen molar-refractivity contribution in [2.75, 3.05) is 0 Å². The smallest absolute Gasteiger partial charge is 0.164 e. The minimum Gasteiger partial charge on any atom is -0.456 e. The van der Waals surface area contributed by atoms with Crippen LogP contribution in [0.4, 0.5) is 0 Å². The molecule has 8 aromatic carbocycles. The second-order valence-electron chi connectivity index (χ2n) is 15.6. The molecule has 3 heterocycles. The number of fused-ring (bicyclic) bond motifs is 11. The van der Waals surface area contributed by atoms with Gasteiger partial charge in [0.1, 0.15) is 11.2 Å². The fraction of sp³-hybridized carbons (Fsp3) is 0.0577. The Hall–Kier alpha value is -7.37. The first-order chi connectivity index (χ1) is 28.0. The molecule has 1 aliphatic carbocycles. The van der Waals surface area contributed by atoms with Gasteiger partial charge in [-0.1, -0.05) is 141 Å². The molecule has 0 amide bonds. The summed E-state index contributed by atoms with van der Waals surface area (Å²) in [5.74, 6) is 1.87. The van der Waals surface area contributed by atoms with Crippen LogP contribution in [0.5, 0.6) is 0 Å². The molecule has 11 aromatic rings. The third-order valence-electron chi connectivity index (χ3n) is 12.0. The van der Waals surface area contributed by atoms with E-state index in [1.807, 2.05) is 18.2 Å². The quantitative estimate of drug-likeness (QED) is 0.181. The molecule has 0 saturated carbocycles. The molecule has 0 N–H and O–H groups in total. The first-order valence-corrected chi connectivity index (χ1v) is 19.4. The lowest BCUT2D eigenvalue weighted by Gasteiger charge is -2.21. The van der Waals surface area contributed by atoms with Gasteiger partial charge in [-0.2, -0.15) is 0 Å². The van der Waals surface area contributed by atoms with Gasteiger partial charge in [0.2, 0.25) is 0 Å². The Kier molecular flexibility index (Phi) is 6.62. The largest absolute Gasteiger partial charge is 0.456 e. The van der Waals surface area contributed by atoms with Gasteiger partial charge >= 0.3 is 0 Å². The molecule has 0 fully saturated rings. The van der Waals surface area contributed by atoms with Gasteiger partial charge in [0.05, 0.1) is 11.0 Å². The van der Waals surface area contributed by atoms with Crippen LogP contribution in [0.15, 0.2) is 174 Å². The third kappa shape index (κ3) is 4.66. The molecule has 5 nitrogen and oxygen atoms in total. The van der Waals surface area contributed by atoms with Crippen molar-refractivity contribution in [3.05, 3.63) is 181 Å². The van der Waals surface area contributed by atoms with E-state index in [1.165, 1.54) is 44.1 Å². The average molecular weight is 731 g/mol. The molecule has 5 heteroatoms. The van der Waals surface area contributed by atoms with Crippen LogP contribution in [0, 0.1) is 0 Å². The molecule has 12 rings (SSSR count). The Bertz CT molecular complexity index is 3390. The van der Waals surface area contributed by atoms with Crippen LogP contribution in [-0.4, -0.2) is 19.5 Å². The second-order valence-corrected chi connectivity index (χ2v) is 15.6. The number of para-hydroxylation sites is 2. The van der Waals surface area contributed by atoms with Crippen molar-refractivity contribution in [3.63, 3.8) is 0 Å². The van der Waals surface area contributed by atoms with Crippen molar-refractivity contribution in [3.8, 4) is 51.0 Å². The van der Waals surface area contributed by atoms with E-state index < -0.39 is 0 Å². The van der Waals surface area contributed by atoms with Crippen molar-refractivity contribution in [1.82, 2.24) is 19.5 Å². The number of benzene rings is 8. The van der Waals surface area contributed by atoms with E-state index >= 15 is 0 Å². The van der Waals surface area contributed by atoms with Crippen molar-refractivity contribution >= 4 is 54.5 Å². The van der Waals surface area contributed by atoms with Gasteiger partial charge < -0.3 is 8.98 Å². The fourth-order valence-corrected chi connectivity index (χ4v) is 9.34. The van der Waals surface area contributed by atoms with Crippen LogP contribution in [-0.2, 0) is 5.41 Å². The predicted octanol–water partition coefficient (Wildman–Crippen LogP) is 13.3. The van der Waals surface area contributed by atoms with E-state index in [-0.39, 0.29) is 5.41 Å². The van der Waals surface area contributed by atoms with Crippen LogP contribution in [0.1, 0.15) is 25.0 Å². The average Bonchev–Trinajstić information content (AvgIpc) is 3.88. The third-order valence-corrected chi connectivity index (χ3v) is 12.0. The summed E-state index contributed by atoms with van der Waals surface area (Å²) in [6.07, 6.45) is 0. The predicted molar refractivity (Wildman–Crippen MR) is 233 cm³/mol. The van der Waals surface area contributed by atoms with E-state index in [2.05, 4.69) is 170 Å². The Morgan fingerprint density at radius 2 is 1.04 bits per heavy atom. The monoisotopic (exact) mass is 730 g/mol. The molecule has 268 valence electrons. The Morgan fingerprint density at radius 1 is 0.421 bits per heavy atom. The summed E-state index contributed by atoms with van der Waals surface area (Å²) in [7, 11) is 0. The maximum Gasteiger partial charge on any atom is 0.164 e. The number of hydrogen-bond acceptors (Lipinski definition) is 4. The lowest BCUT2D eigenvalue weighted by molar-refractivity contribution is 0.660. The number of rotatable bonds is 4.